The SMILES string of the molecule is COCCCN(CC(=O)N1CCc2sccc2C1c1ccccc1C)S(=O)(=O)c1ccccc1. The standard InChI is InChI=1S/C26H30N2O4S2/c1-20-9-6-7-12-22(20)26-23-14-18-33-24(23)13-16-28(26)25(29)19-27(15-8-17-32-2)34(30,31)21-10-4-3-5-11-21/h3-7,9-12,14,18,26H,8,13,15-17,19H2,1-2H3. The monoisotopic (exact) mass is 498 g/mol. The van der Waals surface area contributed by atoms with Gasteiger partial charge in [-0.05, 0) is 60.0 Å². The molecule has 34 heavy (non-hydrogen) atoms. The van der Waals surface area contributed by atoms with Crippen molar-refractivity contribution in [2.24, 2.45) is 0 Å². The van der Waals surface area contributed by atoms with Crippen LogP contribution in [0.4, 0.5) is 0 Å². The minimum Gasteiger partial charge on any atom is -0.385 e. The van der Waals surface area contributed by atoms with E-state index in [0.29, 0.717) is 19.6 Å². The molecule has 0 aliphatic carbocycles. The van der Waals surface area contributed by atoms with Gasteiger partial charge in [-0.15, -0.1) is 11.3 Å². The van der Waals surface area contributed by atoms with E-state index in [9.17, 15) is 13.2 Å². The van der Waals surface area contributed by atoms with Gasteiger partial charge in [0.2, 0.25) is 15.9 Å². The molecule has 0 radical (unpaired) electrons. The van der Waals surface area contributed by atoms with Gasteiger partial charge in [-0.2, -0.15) is 4.31 Å². The van der Waals surface area contributed by atoms with Gasteiger partial charge in [0.05, 0.1) is 17.5 Å². The van der Waals surface area contributed by atoms with Gasteiger partial charge in [0, 0.05) is 31.7 Å². The molecule has 180 valence electrons. The fourth-order valence-corrected chi connectivity index (χ4v) is 6.82. The van der Waals surface area contributed by atoms with Crippen LogP contribution < -0.4 is 0 Å². The van der Waals surface area contributed by atoms with Gasteiger partial charge in [-0.3, -0.25) is 4.79 Å². The molecule has 2 heterocycles. The van der Waals surface area contributed by atoms with Crippen LogP contribution in [0.15, 0.2) is 70.9 Å². The summed E-state index contributed by atoms with van der Waals surface area (Å²) in [6, 6.07) is 18.3. The van der Waals surface area contributed by atoms with Crippen molar-refractivity contribution in [3.8, 4) is 0 Å². The number of thiophene rings is 1. The third-order valence-corrected chi connectivity index (χ3v) is 9.07. The van der Waals surface area contributed by atoms with Gasteiger partial charge >= 0.3 is 0 Å². The van der Waals surface area contributed by atoms with Crippen LogP contribution in [-0.4, -0.2) is 56.9 Å². The van der Waals surface area contributed by atoms with Crippen molar-refractivity contribution in [1.82, 2.24) is 9.21 Å². The Bertz CT molecular complexity index is 1220. The Morgan fingerprint density at radius 1 is 1.09 bits per heavy atom. The zero-order valence-electron chi connectivity index (χ0n) is 19.5. The molecular formula is C26H30N2O4S2. The molecule has 4 rings (SSSR count). The highest BCUT2D eigenvalue weighted by molar-refractivity contribution is 7.89. The van der Waals surface area contributed by atoms with Crippen LogP contribution in [0.1, 0.15) is 34.0 Å². The highest BCUT2D eigenvalue weighted by Crippen LogP contribution is 2.39. The number of fused-ring (bicyclic) bond motifs is 1. The second kappa shape index (κ2) is 10.8. The van der Waals surface area contributed by atoms with Crippen molar-refractivity contribution in [3.63, 3.8) is 0 Å². The summed E-state index contributed by atoms with van der Waals surface area (Å²) >= 11 is 1.71. The first-order valence-corrected chi connectivity index (χ1v) is 13.7. The number of rotatable bonds is 9. The zero-order valence-corrected chi connectivity index (χ0v) is 21.1. The van der Waals surface area contributed by atoms with Crippen molar-refractivity contribution in [1.29, 1.82) is 0 Å². The summed E-state index contributed by atoms with van der Waals surface area (Å²) in [5, 5.41) is 2.07. The van der Waals surface area contributed by atoms with E-state index >= 15 is 0 Å². The Balaban J connectivity index is 1.65. The maximum atomic E-state index is 13.7. The third kappa shape index (κ3) is 5.10. The second-order valence-corrected chi connectivity index (χ2v) is 11.3. The molecule has 0 saturated heterocycles. The van der Waals surface area contributed by atoms with Crippen molar-refractivity contribution in [2.45, 2.75) is 30.7 Å². The average molecular weight is 499 g/mol. The lowest BCUT2D eigenvalue weighted by atomic mass is 9.90. The molecule has 1 amide bonds. The van der Waals surface area contributed by atoms with Gasteiger partial charge in [-0.1, -0.05) is 42.5 Å². The second-order valence-electron chi connectivity index (χ2n) is 8.39. The number of amides is 1. The molecule has 1 aromatic heterocycles. The fourth-order valence-electron chi connectivity index (χ4n) is 4.47. The van der Waals surface area contributed by atoms with Crippen LogP contribution in [0.25, 0.3) is 0 Å². The van der Waals surface area contributed by atoms with E-state index in [1.807, 2.05) is 17.0 Å². The van der Waals surface area contributed by atoms with Crippen molar-refractivity contribution >= 4 is 27.3 Å². The summed E-state index contributed by atoms with van der Waals surface area (Å²) in [4.78, 5) is 17.1. The summed E-state index contributed by atoms with van der Waals surface area (Å²) < 4.78 is 33.3. The van der Waals surface area contributed by atoms with E-state index in [1.54, 1.807) is 48.8 Å². The Morgan fingerprint density at radius 2 is 1.82 bits per heavy atom. The summed E-state index contributed by atoms with van der Waals surface area (Å²) in [5.41, 5.74) is 3.32. The average Bonchev–Trinajstić information content (AvgIpc) is 3.33. The predicted octanol–water partition coefficient (Wildman–Crippen LogP) is 4.26. The van der Waals surface area contributed by atoms with E-state index < -0.39 is 10.0 Å². The van der Waals surface area contributed by atoms with E-state index in [1.165, 1.54) is 9.18 Å². The topological polar surface area (TPSA) is 66.9 Å². The molecule has 1 aliphatic heterocycles. The van der Waals surface area contributed by atoms with Gasteiger partial charge in [0.1, 0.15) is 0 Å². The Morgan fingerprint density at radius 3 is 2.56 bits per heavy atom. The lowest BCUT2D eigenvalue weighted by molar-refractivity contribution is -0.133. The number of benzene rings is 2. The largest absolute Gasteiger partial charge is 0.385 e. The number of ether oxygens (including phenoxy) is 1. The van der Waals surface area contributed by atoms with Gasteiger partial charge in [-0.25, -0.2) is 8.42 Å². The quantitative estimate of drug-likeness (QED) is 0.414. The van der Waals surface area contributed by atoms with Crippen LogP contribution >= 0.6 is 11.3 Å². The van der Waals surface area contributed by atoms with Crippen molar-refractivity contribution in [3.05, 3.63) is 87.6 Å². The molecule has 0 N–H and O–H groups in total. The predicted molar refractivity (Wildman–Crippen MR) is 134 cm³/mol. The molecule has 0 spiro atoms. The number of carbonyl (C=O) groups excluding carboxylic acids is 1. The lowest BCUT2D eigenvalue weighted by Crippen LogP contribution is -2.47. The van der Waals surface area contributed by atoms with Crippen LogP contribution in [0.3, 0.4) is 0 Å². The number of nitrogens with zero attached hydrogens (tertiary/aromatic N) is 2. The van der Waals surface area contributed by atoms with E-state index in [2.05, 4.69) is 30.5 Å². The molecule has 0 fully saturated rings. The van der Waals surface area contributed by atoms with Gasteiger partial charge in [0.25, 0.3) is 0 Å². The normalized spacial score (nSPS) is 16.0. The van der Waals surface area contributed by atoms with E-state index in [-0.39, 0.29) is 29.9 Å². The van der Waals surface area contributed by atoms with Crippen LogP contribution in [-0.2, 0) is 26.0 Å². The van der Waals surface area contributed by atoms with Crippen LogP contribution in [0, 0.1) is 6.92 Å². The summed E-state index contributed by atoms with van der Waals surface area (Å²) in [6.07, 6.45) is 1.28. The molecular weight excluding hydrogens is 468 g/mol. The smallest absolute Gasteiger partial charge is 0.243 e. The van der Waals surface area contributed by atoms with Crippen molar-refractivity contribution in [2.75, 3.05) is 33.4 Å². The molecule has 1 atom stereocenters. The maximum Gasteiger partial charge on any atom is 0.243 e. The van der Waals surface area contributed by atoms with Gasteiger partial charge in [0.15, 0.2) is 0 Å². The molecule has 8 heteroatoms. The number of hydrogen-bond donors (Lipinski definition) is 0. The van der Waals surface area contributed by atoms with E-state index in [4.69, 9.17) is 4.74 Å². The molecule has 1 aliphatic rings. The first-order valence-electron chi connectivity index (χ1n) is 11.4. The molecule has 2 aromatic carbocycles. The molecule has 6 nitrogen and oxygen atoms in total. The number of carbonyl (C=O) groups is 1. The molecule has 3 aromatic rings. The highest BCUT2D eigenvalue weighted by atomic mass is 32.2. The number of sulfonamides is 1. The number of methoxy groups -OCH3 is 1. The summed E-state index contributed by atoms with van der Waals surface area (Å²) in [5.74, 6) is -0.193. The number of aryl methyl sites for hydroxylation is 1. The fraction of sp³-hybridized carbons (Fsp3) is 0.346. The Hall–Kier alpha value is -2.52. The Kier molecular flexibility index (Phi) is 7.83. The zero-order chi connectivity index (χ0) is 24.1. The van der Waals surface area contributed by atoms with E-state index in [0.717, 1.165) is 23.1 Å². The van der Waals surface area contributed by atoms with Gasteiger partial charge < -0.3 is 9.64 Å². The summed E-state index contributed by atoms with van der Waals surface area (Å²) in [6.45, 7) is 3.03. The van der Waals surface area contributed by atoms with Crippen molar-refractivity contribution < 1.29 is 17.9 Å². The molecule has 0 bridgehead atoms. The minimum absolute atomic E-state index is 0.189. The molecule has 0 saturated carbocycles. The Labute approximate surface area is 205 Å². The maximum absolute atomic E-state index is 13.7. The van der Waals surface area contributed by atoms with Crippen LogP contribution in [0.5, 0.6) is 0 Å². The number of hydrogen-bond acceptors (Lipinski definition) is 5. The lowest BCUT2D eigenvalue weighted by Gasteiger charge is -2.38. The van der Waals surface area contributed by atoms with Crippen LogP contribution in [0.2, 0.25) is 0 Å². The molecule has 1 unspecified atom stereocenters. The first-order chi connectivity index (χ1) is 16.4. The highest BCUT2D eigenvalue weighted by Gasteiger charge is 2.36. The first kappa shape index (κ1) is 24.6. The third-order valence-electron chi connectivity index (χ3n) is 6.22. The minimum atomic E-state index is -3.82. The summed E-state index contributed by atoms with van der Waals surface area (Å²) in [7, 11) is -2.24.